The summed E-state index contributed by atoms with van der Waals surface area (Å²) in [5.41, 5.74) is 4.16. The third-order valence-corrected chi connectivity index (χ3v) is 6.44. The summed E-state index contributed by atoms with van der Waals surface area (Å²) in [6, 6.07) is 9.67. The average molecular weight is 500 g/mol. The first-order valence-electron chi connectivity index (χ1n) is 12.5. The fourth-order valence-corrected chi connectivity index (χ4v) is 4.06. The lowest BCUT2D eigenvalue weighted by Crippen LogP contribution is -2.19. The van der Waals surface area contributed by atoms with Crippen molar-refractivity contribution < 1.29 is 9.53 Å². The largest absolute Gasteiger partial charge is 0.371 e. The van der Waals surface area contributed by atoms with E-state index in [0.29, 0.717) is 24.5 Å². The van der Waals surface area contributed by atoms with Crippen LogP contribution in [0.15, 0.2) is 55.2 Å². The first-order valence-corrected chi connectivity index (χ1v) is 12.5. The second kappa shape index (κ2) is 11.8. The van der Waals surface area contributed by atoms with Gasteiger partial charge >= 0.3 is 0 Å². The van der Waals surface area contributed by atoms with Crippen molar-refractivity contribution in [3.8, 4) is 11.3 Å². The van der Waals surface area contributed by atoms with Crippen molar-refractivity contribution in [3.05, 3.63) is 72.2 Å². The summed E-state index contributed by atoms with van der Waals surface area (Å²) in [6.45, 7) is 9.41. The minimum absolute atomic E-state index is 0.115. The number of rotatable bonds is 10. The number of carbonyl (C=O) groups excluding carboxylic acids is 1. The zero-order valence-electron chi connectivity index (χ0n) is 21.9. The van der Waals surface area contributed by atoms with Gasteiger partial charge in [0, 0.05) is 49.2 Å². The predicted octanol–water partition coefficient (Wildman–Crippen LogP) is 4.62. The molecule has 37 heavy (non-hydrogen) atoms. The van der Waals surface area contributed by atoms with Gasteiger partial charge in [-0.05, 0) is 37.3 Å². The molecule has 1 amide bonds. The molecule has 0 bridgehead atoms. The quantitative estimate of drug-likeness (QED) is 0.325. The molecule has 4 rings (SSSR count). The van der Waals surface area contributed by atoms with Crippen LogP contribution in [0, 0.1) is 5.92 Å². The van der Waals surface area contributed by atoms with Crippen molar-refractivity contribution >= 4 is 22.6 Å². The minimum Gasteiger partial charge on any atom is -0.371 e. The molecule has 2 atom stereocenters. The van der Waals surface area contributed by atoms with Gasteiger partial charge in [0.05, 0.1) is 22.9 Å². The van der Waals surface area contributed by atoms with Gasteiger partial charge in [0.2, 0.25) is 0 Å². The van der Waals surface area contributed by atoms with E-state index in [1.54, 1.807) is 31.7 Å². The van der Waals surface area contributed by atoms with Gasteiger partial charge in [0.25, 0.3) is 5.91 Å². The van der Waals surface area contributed by atoms with Crippen molar-refractivity contribution in [3.63, 3.8) is 0 Å². The second-order valence-electron chi connectivity index (χ2n) is 9.36. The van der Waals surface area contributed by atoms with Gasteiger partial charge < -0.3 is 15.4 Å². The van der Waals surface area contributed by atoms with Crippen LogP contribution in [0.5, 0.6) is 0 Å². The van der Waals surface area contributed by atoms with Crippen molar-refractivity contribution in [1.82, 2.24) is 30.2 Å². The Balaban J connectivity index is 1.45. The molecule has 0 fully saturated rings. The number of nitrogens with one attached hydrogen (secondary N) is 2. The lowest BCUT2D eigenvalue weighted by molar-refractivity contribution is 0.0613. The number of pyridine rings is 1. The van der Waals surface area contributed by atoms with E-state index >= 15 is 0 Å². The van der Waals surface area contributed by atoms with Crippen molar-refractivity contribution in [2.45, 2.75) is 46.3 Å². The summed E-state index contributed by atoms with van der Waals surface area (Å²) in [7, 11) is 1.64. The molecule has 0 aliphatic rings. The Labute approximate surface area is 217 Å². The zero-order chi connectivity index (χ0) is 26.4. The Morgan fingerprint density at radius 2 is 1.78 bits per heavy atom. The number of ether oxygens (including phenoxy) is 1. The molecule has 9 nitrogen and oxygen atoms in total. The van der Waals surface area contributed by atoms with Gasteiger partial charge in [0.15, 0.2) is 5.82 Å². The summed E-state index contributed by atoms with van der Waals surface area (Å²) in [5, 5.41) is 7.01. The Kier molecular flexibility index (Phi) is 8.35. The molecule has 0 spiro atoms. The summed E-state index contributed by atoms with van der Waals surface area (Å²) in [4.78, 5) is 34.5. The maximum atomic E-state index is 12.3. The number of hydrogen-bond acceptors (Lipinski definition) is 8. The van der Waals surface area contributed by atoms with Crippen molar-refractivity contribution in [2.24, 2.45) is 5.92 Å². The molecule has 0 saturated carbocycles. The molecule has 2 N–H and O–H groups in total. The summed E-state index contributed by atoms with van der Waals surface area (Å²) >= 11 is 0. The topological polar surface area (TPSA) is 115 Å². The molecule has 3 aromatic heterocycles. The third kappa shape index (κ3) is 6.24. The van der Waals surface area contributed by atoms with E-state index in [4.69, 9.17) is 4.74 Å². The Hall–Kier alpha value is -3.98. The Morgan fingerprint density at radius 1 is 1.00 bits per heavy atom. The van der Waals surface area contributed by atoms with Crippen LogP contribution in [-0.4, -0.2) is 50.5 Å². The molecule has 2 unspecified atom stereocenters. The van der Waals surface area contributed by atoms with E-state index in [0.717, 1.165) is 33.5 Å². The molecule has 0 aliphatic carbocycles. The van der Waals surface area contributed by atoms with Crippen LogP contribution in [0.25, 0.3) is 22.2 Å². The molecule has 0 aliphatic heterocycles. The highest BCUT2D eigenvalue weighted by Crippen LogP contribution is 2.31. The Bertz CT molecular complexity index is 1360. The summed E-state index contributed by atoms with van der Waals surface area (Å²) in [6.07, 6.45) is 6.87. The van der Waals surface area contributed by atoms with Crippen LogP contribution in [0.3, 0.4) is 0 Å². The molecular weight excluding hydrogens is 466 g/mol. The second-order valence-corrected chi connectivity index (χ2v) is 9.36. The molecule has 0 radical (unpaired) electrons. The first-order chi connectivity index (χ1) is 17.9. The smallest absolute Gasteiger partial charge is 0.251 e. The molecule has 4 aromatic rings. The van der Waals surface area contributed by atoms with Crippen LogP contribution >= 0.6 is 0 Å². The number of benzene rings is 1. The van der Waals surface area contributed by atoms with E-state index in [2.05, 4.69) is 55.5 Å². The van der Waals surface area contributed by atoms with Crippen LogP contribution in [0.2, 0.25) is 0 Å². The number of carbonyl (C=O) groups is 1. The standard InChI is InChI=1S/C28H33N7O2/c1-17(2)37-15-26-32-13-20(14-33-26)24-11-25(35-16-34-24)31-12-18(3)19(4)21-7-6-8-22-23(28(36)29-5)9-10-30-27(21)22/h6-11,13-14,16-19H,12,15H2,1-5H3,(H,29,36)(H,31,34,35). The molecule has 192 valence electrons. The maximum absolute atomic E-state index is 12.3. The van der Waals surface area contributed by atoms with Crippen molar-refractivity contribution in [1.29, 1.82) is 0 Å². The van der Waals surface area contributed by atoms with E-state index in [9.17, 15) is 4.79 Å². The molecular formula is C28H33N7O2. The number of para-hydroxylation sites is 1. The van der Waals surface area contributed by atoms with E-state index in [1.165, 1.54) is 6.33 Å². The minimum atomic E-state index is -0.115. The fraction of sp³-hybridized carbons (Fsp3) is 0.357. The van der Waals surface area contributed by atoms with Gasteiger partial charge in [0.1, 0.15) is 18.8 Å². The number of aromatic nitrogens is 5. The van der Waals surface area contributed by atoms with E-state index in [-0.39, 0.29) is 23.8 Å². The van der Waals surface area contributed by atoms with Crippen LogP contribution < -0.4 is 10.6 Å². The normalized spacial score (nSPS) is 12.9. The van der Waals surface area contributed by atoms with Gasteiger partial charge in [-0.2, -0.15) is 0 Å². The lowest BCUT2D eigenvalue weighted by Gasteiger charge is -2.22. The fourth-order valence-electron chi connectivity index (χ4n) is 4.06. The van der Waals surface area contributed by atoms with Gasteiger partial charge in [-0.3, -0.25) is 9.78 Å². The van der Waals surface area contributed by atoms with Gasteiger partial charge in [-0.1, -0.05) is 32.0 Å². The number of hydrogen-bond donors (Lipinski definition) is 2. The number of anilines is 1. The molecule has 9 heteroatoms. The van der Waals surface area contributed by atoms with Crippen LogP contribution in [-0.2, 0) is 11.3 Å². The predicted molar refractivity (Wildman–Crippen MR) is 144 cm³/mol. The lowest BCUT2D eigenvalue weighted by atomic mass is 9.87. The average Bonchev–Trinajstić information content (AvgIpc) is 2.93. The van der Waals surface area contributed by atoms with E-state index in [1.807, 2.05) is 32.0 Å². The number of nitrogens with zero attached hydrogens (tertiary/aromatic N) is 5. The SMILES string of the molecule is CNC(=O)c1ccnc2c(C(C)C(C)CNc3cc(-c4cnc(COC(C)C)nc4)ncn3)cccc12. The molecule has 0 saturated heterocycles. The summed E-state index contributed by atoms with van der Waals surface area (Å²) in [5.74, 6) is 1.71. The molecule has 1 aromatic carbocycles. The first kappa shape index (κ1) is 26.1. The van der Waals surface area contributed by atoms with Gasteiger partial charge in [-0.15, -0.1) is 0 Å². The highest BCUT2D eigenvalue weighted by Gasteiger charge is 2.19. The number of fused-ring (bicyclic) bond motifs is 1. The number of amides is 1. The van der Waals surface area contributed by atoms with Crippen molar-refractivity contribution in [2.75, 3.05) is 18.9 Å². The monoisotopic (exact) mass is 499 g/mol. The van der Waals surface area contributed by atoms with Gasteiger partial charge in [-0.25, -0.2) is 19.9 Å². The highest BCUT2D eigenvalue weighted by molar-refractivity contribution is 6.06. The van der Waals surface area contributed by atoms with E-state index < -0.39 is 0 Å². The van der Waals surface area contributed by atoms with Crippen LogP contribution in [0.1, 0.15) is 55.4 Å². The zero-order valence-corrected chi connectivity index (χ0v) is 21.9. The maximum Gasteiger partial charge on any atom is 0.251 e. The summed E-state index contributed by atoms with van der Waals surface area (Å²) < 4.78 is 5.56. The third-order valence-electron chi connectivity index (χ3n) is 6.44. The Morgan fingerprint density at radius 3 is 2.51 bits per heavy atom. The highest BCUT2D eigenvalue weighted by atomic mass is 16.5. The molecule has 3 heterocycles. The van der Waals surface area contributed by atoms with Crippen LogP contribution in [0.4, 0.5) is 5.82 Å².